The minimum absolute atomic E-state index is 0.270. The van der Waals surface area contributed by atoms with Gasteiger partial charge in [0.15, 0.2) is 0 Å². The van der Waals surface area contributed by atoms with Gasteiger partial charge < -0.3 is 14.9 Å². The van der Waals surface area contributed by atoms with Crippen molar-refractivity contribution in [1.29, 1.82) is 0 Å². The normalized spacial score (nSPS) is 12.4. The Morgan fingerprint density at radius 3 is 2.56 bits per heavy atom. The van der Waals surface area contributed by atoms with Gasteiger partial charge in [0.2, 0.25) is 0 Å². The molecule has 0 aliphatic carbocycles. The molecule has 0 bridgehead atoms. The first-order valence-electron chi connectivity index (χ1n) is 6.80. The number of aliphatic hydroxyl groups excluding tert-OH is 2. The van der Waals surface area contributed by atoms with Crippen LogP contribution in [0.15, 0.2) is 24.3 Å². The summed E-state index contributed by atoms with van der Waals surface area (Å²) in [6.07, 6.45) is 4.20. The first kappa shape index (κ1) is 15.0. The second kappa shape index (κ2) is 8.95. The minimum atomic E-state index is -0.449. The van der Waals surface area contributed by atoms with E-state index in [9.17, 15) is 5.11 Å². The predicted molar refractivity (Wildman–Crippen MR) is 72.7 cm³/mol. The number of ether oxygens (including phenoxy) is 1. The summed E-state index contributed by atoms with van der Waals surface area (Å²) in [5, 5.41) is 18.5. The molecule has 18 heavy (non-hydrogen) atoms. The lowest BCUT2D eigenvalue weighted by atomic mass is 10.1. The van der Waals surface area contributed by atoms with Gasteiger partial charge in [-0.05, 0) is 31.7 Å². The standard InChI is InChI=1S/C15H24O3/c1-2-14(17)13-9-5-6-10-15(13)18-12-8-4-3-7-11-16/h5-6,9-10,14,16-17H,2-4,7-8,11-12H2,1H3/t14-/m1/s1. The molecule has 3 nitrogen and oxygen atoms in total. The number of rotatable bonds is 9. The summed E-state index contributed by atoms with van der Waals surface area (Å²) < 4.78 is 5.72. The third-order valence-corrected chi connectivity index (χ3v) is 2.97. The van der Waals surface area contributed by atoms with Gasteiger partial charge in [0.05, 0.1) is 12.7 Å². The summed E-state index contributed by atoms with van der Waals surface area (Å²) >= 11 is 0. The van der Waals surface area contributed by atoms with Crippen LogP contribution in [0.4, 0.5) is 0 Å². The Kier molecular flexibility index (Phi) is 7.46. The highest BCUT2D eigenvalue weighted by Gasteiger charge is 2.10. The molecule has 0 saturated heterocycles. The summed E-state index contributed by atoms with van der Waals surface area (Å²) in [4.78, 5) is 0. The lowest BCUT2D eigenvalue weighted by molar-refractivity contribution is 0.166. The quantitative estimate of drug-likeness (QED) is 0.664. The molecule has 0 fully saturated rings. The van der Waals surface area contributed by atoms with Crippen LogP contribution in [-0.2, 0) is 0 Å². The average Bonchev–Trinajstić information content (AvgIpc) is 2.42. The van der Waals surface area contributed by atoms with Gasteiger partial charge in [-0.2, -0.15) is 0 Å². The van der Waals surface area contributed by atoms with Crippen molar-refractivity contribution in [2.75, 3.05) is 13.2 Å². The molecule has 102 valence electrons. The van der Waals surface area contributed by atoms with Crippen molar-refractivity contribution in [3.05, 3.63) is 29.8 Å². The van der Waals surface area contributed by atoms with Crippen LogP contribution in [0, 0.1) is 0 Å². The van der Waals surface area contributed by atoms with Crippen LogP contribution in [0.25, 0.3) is 0 Å². The second-order valence-corrected chi connectivity index (χ2v) is 4.45. The van der Waals surface area contributed by atoms with Crippen LogP contribution in [0.3, 0.4) is 0 Å². The van der Waals surface area contributed by atoms with Gasteiger partial charge >= 0.3 is 0 Å². The zero-order chi connectivity index (χ0) is 13.2. The maximum absolute atomic E-state index is 9.87. The molecule has 0 aliphatic heterocycles. The topological polar surface area (TPSA) is 49.7 Å². The molecule has 0 unspecified atom stereocenters. The molecule has 0 aromatic heterocycles. The molecule has 0 spiro atoms. The van der Waals surface area contributed by atoms with E-state index < -0.39 is 6.10 Å². The van der Waals surface area contributed by atoms with Gasteiger partial charge in [0.25, 0.3) is 0 Å². The van der Waals surface area contributed by atoms with E-state index in [0.29, 0.717) is 13.0 Å². The molecule has 0 heterocycles. The Morgan fingerprint density at radius 2 is 1.83 bits per heavy atom. The van der Waals surface area contributed by atoms with Crippen LogP contribution in [0.2, 0.25) is 0 Å². The maximum Gasteiger partial charge on any atom is 0.125 e. The van der Waals surface area contributed by atoms with E-state index in [1.807, 2.05) is 31.2 Å². The number of aliphatic hydroxyl groups is 2. The fourth-order valence-electron chi connectivity index (χ4n) is 1.86. The van der Waals surface area contributed by atoms with Crippen molar-refractivity contribution in [2.24, 2.45) is 0 Å². The maximum atomic E-state index is 9.87. The summed E-state index contributed by atoms with van der Waals surface area (Å²) in [6, 6.07) is 7.66. The molecule has 3 heteroatoms. The Balaban J connectivity index is 2.37. The fraction of sp³-hybridized carbons (Fsp3) is 0.600. The van der Waals surface area contributed by atoms with Crippen molar-refractivity contribution < 1.29 is 14.9 Å². The largest absolute Gasteiger partial charge is 0.493 e. The Morgan fingerprint density at radius 1 is 1.11 bits per heavy atom. The van der Waals surface area contributed by atoms with E-state index in [1.165, 1.54) is 0 Å². The van der Waals surface area contributed by atoms with E-state index >= 15 is 0 Å². The van der Waals surface area contributed by atoms with Gasteiger partial charge in [-0.3, -0.25) is 0 Å². The van der Waals surface area contributed by atoms with Crippen molar-refractivity contribution in [3.63, 3.8) is 0 Å². The summed E-state index contributed by atoms with van der Waals surface area (Å²) in [5.74, 6) is 0.786. The van der Waals surface area contributed by atoms with Gasteiger partial charge in [0.1, 0.15) is 5.75 Å². The molecule has 0 aliphatic rings. The van der Waals surface area contributed by atoms with E-state index in [4.69, 9.17) is 9.84 Å². The number of benzene rings is 1. The van der Waals surface area contributed by atoms with E-state index in [1.54, 1.807) is 0 Å². The van der Waals surface area contributed by atoms with Crippen LogP contribution < -0.4 is 4.74 Å². The van der Waals surface area contributed by atoms with Crippen LogP contribution in [0.5, 0.6) is 5.75 Å². The van der Waals surface area contributed by atoms with Gasteiger partial charge in [-0.1, -0.05) is 31.5 Å². The number of hydrogen-bond donors (Lipinski definition) is 2. The highest BCUT2D eigenvalue weighted by Crippen LogP contribution is 2.26. The first-order chi connectivity index (χ1) is 8.79. The molecule has 1 rings (SSSR count). The Labute approximate surface area is 109 Å². The third-order valence-electron chi connectivity index (χ3n) is 2.97. The van der Waals surface area contributed by atoms with Crippen molar-refractivity contribution >= 4 is 0 Å². The predicted octanol–water partition coefficient (Wildman–Crippen LogP) is 3.06. The minimum Gasteiger partial charge on any atom is -0.493 e. The number of unbranched alkanes of at least 4 members (excludes halogenated alkanes) is 3. The van der Waals surface area contributed by atoms with Gasteiger partial charge in [-0.25, -0.2) is 0 Å². The molecule has 2 N–H and O–H groups in total. The Bertz CT molecular complexity index is 325. The molecule has 1 atom stereocenters. The molecule has 1 aromatic carbocycles. The SMILES string of the molecule is CC[C@@H](O)c1ccccc1OCCCCCCO. The van der Waals surface area contributed by atoms with Crippen LogP contribution >= 0.6 is 0 Å². The molecule has 1 aromatic rings. The third kappa shape index (κ3) is 5.07. The summed E-state index contributed by atoms with van der Waals surface area (Å²) in [7, 11) is 0. The highest BCUT2D eigenvalue weighted by molar-refractivity contribution is 5.34. The lowest BCUT2D eigenvalue weighted by Gasteiger charge is -2.14. The van der Waals surface area contributed by atoms with Crippen molar-refractivity contribution in [1.82, 2.24) is 0 Å². The van der Waals surface area contributed by atoms with E-state index in [0.717, 1.165) is 37.0 Å². The summed E-state index contributed by atoms with van der Waals surface area (Å²) in [5.41, 5.74) is 0.871. The van der Waals surface area contributed by atoms with Gasteiger partial charge in [0, 0.05) is 12.2 Å². The fourth-order valence-corrected chi connectivity index (χ4v) is 1.86. The molecule has 0 amide bonds. The number of hydrogen-bond acceptors (Lipinski definition) is 3. The van der Waals surface area contributed by atoms with E-state index in [-0.39, 0.29) is 6.61 Å². The second-order valence-electron chi connectivity index (χ2n) is 4.45. The van der Waals surface area contributed by atoms with Crippen molar-refractivity contribution in [3.8, 4) is 5.75 Å². The summed E-state index contributed by atoms with van der Waals surface area (Å²) in [6.45, 7) is 2.89. The molecule has 0 radical (unpaired) electrons. The van der Waals surface area contributed by atoms with Crippen LogP contribution in [0.1, 0.15) is 50.7 Å². The average molecular weight is 252 g/mol. The van der Waals surface area contributed by atoms with Gasteiger partial charge in [-0.15, -0.1) is 0 Å². The smallest absolute Gasteiger partial charge is 0.125 e. The molecular weight excluding hydrogens is 228 g/mol. The molecule has 0 saturated carbocycles. The zero-order valence-corrected chi connectivity index (χ0v) is 11.1. The Hall–Kier alpha value is -1.06. The zero-order valence-electron chi connectivity index (χ0n) is 11.1. The van der Waals surface area contributed by atoms with Crippen molar-refractivity contribution in [2.45, 2.75) is 45.1 Å². The molecular formula is C15H24O3. The van der Waals surface area contributed by atoms with E-state index in [2.05, 4.69) is 0 Å². The highest BCUT2D eigenvalue weighted by atomic mass is 16.5. The number of para-hydroxylation sites is 1. The monoisotopic (exact) mass is 252 g/mol. The lowest BCUT2D eigenvalue weighted by Crippen LogP contribution is -2.03. The van der Waals surface area contributed by atoms with Crippen LogP contribution in [-0.4, -0.2) is 23.4 Å². The first-order valence-corrected chi connectivity index (χ1v) is 6.80.